The highest BCUT2D eigenvalue weighted by atomic mass is 32.2. The Morgan fingerprint density at radius 1 is 0.967 bits per heavy atom. The topological polar surface area (TPSA) is 93.9 Å². The van der Waals surface area contributed by atoms with Crippen molar-refractivity contribution < 1.29 is 12.8 Å². The number of rotatable bonds is 7. The quantitative estimate of drug-likeness (QED) is 0.453. The van der Waals surface area contributed by atoms with E-state index in [0.29, 0.717) is 11.3 Å². The molecule has 0 saturated carbocycles. The summed E-state index contributed by atoms with van der Waals surface area (Å²) in [5.74, 6) is -0.460. The van der Waals surface area contributed by atoms with Crippen LogP contribution in [0.4, 0.5) is 4.39 Å². The molecule has 8 nitrogen and oxygen atoms in total. The van der Waals surface area contributed by atoms with E-state index in [9.17, 15) is 12.8 Å². The van der Waals surface area contributed by atoms with Crippen molar-refractivity contribution in [3.63, 3.8) is 0 Å². The monoisotopic (exact) mass is 424 g/mol. The molecule has 0 radical (unpaired) electrons. The molecule has 0 aliphatic carbocycles. The van der Waals surface area contributed by atoms with Crippen molar-refractivity contribution >= 4 is 10.0 Å². The molecular weight excluding hydrogens is 407 g/mol. The summed E-state index contributed by atoms with van der Waals surface area (Å²) in [4.78, 5) is 4.12. The van der Waals surface area contributed by atoms with E-state index >= 15 is 0 Å². The second-order valence-electron chi connectivity index (χ2n) is 6.47. The molecule has 0 aliphatic rings. The molecule has 2 aromatic heterocycles. The van der Waals surface area contributed by atoms with Gasteiger partial charge in [-0.25, -0.2) is 17.5 Å². The van der Waals surface area contributed by atoms with E-state index in [0.717, 1.165) is 0 Å². The predicted molar refractivity (Wildman–Crippen MR) is 106 cm³/mol. The Labute approximate surface area is 172 Å². The van der Waals surface area contributed by atoms with Crippen LogP contribution < -0.4 is 0 Å². The molecule has 0 amide bonds. The van der Waals surface area contributed by atoms with Gasteiger partial charge in [-0.15, -0.1) is 5.10 Å². The number of hydrogen-bond acceptors (Lipinski definition) is 6. The summed E-state index contributed by atoms with van der Waals surface area (Å²) in [6, 6.07) is 15.8. The number of pyridine rings is 1. The minimum Gasteiger partial charge on any atom is -0.264 e. The molecule has 0 atom stereocenters. The lowest BCUT2D eigenvalue weighted by Gasteiger charge is -2.23. The first-order valence-corrected chi connectivity index (χ1v) is 10.4. The standard InChI is InChI=1S/C20H17FN6O2S/c21-20-6-2-1-5-17(20)14-26(13-16-4-3-11-22-12-16)30(28,29)19-9-7-18(8-10-19)27-15-23-24-25-27/h1-12,15H,13-14H2. The average molecular weight is 424 g/mol. The third kappa shape index (κ3) is 4.24. The van der Waals surface area contributed by atoms with Gasteiger partial charge in [0.15, 0.2) is 0 Å². The number of nitrogens with zero attached hydrogens (tertiary/aromatic N) is 6. The number of hydrogen-bond donors (Lipinski definition) is 0. The lowest BCUT2D eigenvalue weighted by molar-refractivity contribution is 0.393. The summed E-state index contributed by atoms with van der Waals surface area (Å²) < 4.78 is 43.7. The Balaban J connectivity index is 1.68. The molecule has 0 unspecified atom stereocenters. The summed E-state index contributed by atoms with van der Waals surface area (Å²) in [5.41, 5.74) is 1.60. The fourth-order valence-corrected chi connectivity index (χ4v) is 4.34. The molecule has 0 saturated heterocycles. The van der Waals surface area contributed by atoms with Crippen molar-refractivity contribution in [3.05, 3.63) is 96.3 Å². The van der Waals surface area contributed by atoms with Gasteiger partial charge in [0.25, 0.3) is 0 Å². The summed E-state index contributed by atoms with van der Waals surface area (Å²) in [6.07, 6.45) is 4.61. The van der Waals surface area contributed by atoms with E-state index in [1.54, 1.807) is 54.9 Å². The minimum atomic E-state index is -3.92. The fraction of sp³-hybridized carbons (Fsp3) is 0.100. The van der Waals surface area contributed by atoms with Crippen molar-refractivity contribution in [1.82, 2.24) is 29.5 Å². The number of tetrazole rings is 1. The molecule has 4 aromatic rings. The zero-order chi connectivity index (χ0) is 21.0. The molecule has 0 bridgehead atoms. The van der Waals surface area contributed by atoms with E-state index in [2.05, 4.69) is 20.5 Å². The van der Waals surface area contributed by atoms with Gasteiger partial charge in [-0.3, -0.25) is 4.98 Å². The maximum absolute atomic E-state index is 14.2. The van der Waals surface area contributed by atoms with Crippen LogP contribution in [0.3, 0.4) is 0 Å². The van der Waals surface area contributed by atoms with Gasteiger partial charge in [0.2, 0.25) is 10.0 Å². The highest BCUT2D eigenvalue weighted by Crippen LogP contribution is 2.23. The first-order valence-electron chi connectivity index (χ1n) is 9.00. The molecule has 10 heteroatoms. The maximum Gasteiger partial charge on any atom is 0.243 e. The summed E-state index contributed by atoms with van der Waals surface area (Å²) in [7, 11) is -3.92. The lowest BCUT2D eigenvalue weighted by Crippen LogP contribution is -2.30. The molecule has 0 aliphatic heterocycles. The van der Waals surface area contributed by atoms with Gasteiger partial charge in [-0.2, -0.15) is 4.31 Å². The van der Waals surface area contributed by atoms with Crippen LogP contribution >= 0.6 is 0 Å². The normalized spacial score (nSPS) is 11.7. The van der Waals surface area contributed by atoms with Gasteiger partial charge in [0.05, 0.1) is 10.6 Å². The zero-order valence-corrected chi connectivity index (χ0v) is 16.5. The number of sulfonamides is 1. The molecule has 0 fully saturated rings. The van der Waals surface area contributed by atoms with Gasteiger partial charge in [0.1, 0.15) is 12.1 Å². The van der Waals surface area contributed by atoms with Crippen LogP contribution in [-0.4, -0.2) is 37.9 Å². The Kier molecular flexibility index (Phi) is 5.59. The van der Waals surface area contributed by atoms with Gasteiger partial charge in [-0.05, 0) is 52.4 Å². The third-order valence-electron chi connectivity index (χ3n) is 4.47. The Hall–Kier alpha value is -3.50. The average Bonchev–Trinajstić information content (AvgIpc) is 3.30. The van der Waals surface area contributed by atoms with E-state index in [-0.39, 0.29) is 23.5 Å². The van der Waals surface area contributed by atoms with Crippen molar-refractivity contribution in [2.45, 2.75) is 18.0 Å². The molecule has 152 valence electrons. The Morgan fingerprint density at radius 3 is 2.43 bits per heavy atom. The summed E-state index contributed by atoms with van der Waals surface area (Å²) in [6.45, 7) is -0.0576. The first-order chi connectivity index (χ1) is 14.5. The molecular formula is C20H17FN6O2S. The van der Waals surface area contributed by atoms with Gasteiger partial charge in [-0.1, -0.05) is 24.3 Å². The Morgan fingerprint density at radius 2 is 1.77 bits per heavy atom. The molecule has 0 spiro atoms. The molecule has 2 aromatic carbocycles. The van der Waals surface area contributed by atoms with E-state index in [1.807, 2.05) is 0 Å². The van der Waals surface area contributed by atoms with E-state index in [4.69, 9.17) is 0 Å². The lowest BCUT2D eigenvalue weighted by atomic mass is 10.2. The van der Waals surface area contributed by atoms with Crippen LogP contribution in [0.25, 0.3) is 5.69 Å². The Bertz CT molecular complexity index is 1220. The highest BCUT2D eigenvalue weighted by Gasteiger charge is 2.26. The van der Waals surface area contributed by atoms with Crippen molar-refractivity contribution in [1.29, 1.82) is 0 Å². The fourth-order valence-electron chi connectivity index (χ4n) is 2.94. The van der Waals surface area contributed by atoms with E-state index in [1.165, 1.54) is 33.5 Å². The largest absolute Gasteiger partial charge is 0.264 e. The van der Waals surface area contributed by atoms with Crippen LogP contribution in [0.1, 0.15) is 11.1 Å². The number of benzene rings is 2. The molecule has 4 rings (SSSR count). The number of aromatic nitrogens is 5. The van der Waals surface area contributed by atoms with Gasteiger partial charge >= 0.3 is 0 Å². The molecule has 0 N–H and O–H groups in total. The molecule has 30 heavy (non-hydrogen) atoms. The smallest absolute Gasteiger partial charge is 0.243 e. The first kappa shape index (κ1) is 19.8. The van der Waals surface area contributed by atoms with Gasteiger partial charge in [0, 0.05) is 31.0 Å². The summed E-state index contributed by atoms with van der Waals surface area (Å²) >= 11 is 0. The van der Waals surface area contributed by atoms with Gasteiger partial charge < -0.3 is 0 Å². The predicted octanol–water partition coefficient (Wildman–Crippen LogP) is 2.59. The molecule has 2 heterocycles. The zero-order valence-electron chi connectivity index (χ0n) is 15.7. The van der Waals surface area contributed by atoms with Crippen LogP contribution in [0.2, 0.25) is 0 Å². The van der Waals surface area contributed by atoms with Crippen molar-refractivity contribution in [2.75, 3.05) is 0 Å². The summed E-state index contributed by atoms with van der Waals surface area (Å²) in [5, 5.41) is 10.9. The maximum atomic E-state index is 14.2. The number of halogens is 1. The SMILES string of the molecule is O=S(=O)(c1ccc(-n2cnnn2)cc1)N(Cc1cccnc1)Cc1ccccc1F. The minimum absolute atomic E-state index is 0.0548. The van der Waals surface area contributed by atoms with E-state index < -0.39 is 15.8 Å². The van der Waals surface area contributed by atoms with Crippen LogP contribution in [0.5, 0.6) is 0 Å². The van der Waals surface area contributed by atoms with Crippen LogP contribution in [0.15, 0.2) is 84.3 Å². The van der Waals surface area contributed by atoms with Crippen LogP contribution in [-0.2, 0) is 23.1 Å². The second kappa shape index (κ2) is 8.47. The second-order valence-corrected chi connectivity index (χ2v) is 8.41. The highest BCUT2D eigenvalue weighted by molar-refractivity contribution is 7.89. The van der Waals surface area contributed by atoms with Crippen molar-refractivity contribution in [2.24, 2.45) is 0 Å². The third-order valence-corrected chi connectivity index (χ3v) is 6.28. The van der Waals surface area contributed by atoms with Crippen molar-refractivity contribution in [3.8, 4) is 5.69 Å². The van der Waals surface area contributed by atoms with Crippen LogP contribution in [0, 0.1) is 5.82 Å².